The third-order valence-corrected chi connectivity index (χ3v) is 1.33. The molecule has 1 N–H and O–H groups in total. The normalized spacial score (nSPS) is 15.4. The fourth-order valence-corrected chi connectivity index (χ4v) is 0.771. The van der Waals surface area contributed by atoms with Crippen LogP contribution >= 0.6 is 0 Å². The maximum absolute atomic E-state index is 10.9. The van der Waals surface area contributed by atoms with E-state index in [1.807, 2.05) is 0 Å². The summed E-state index contributed by atoms with van der Waals surface area (Å²) in [5.74, 6) is -0.462. The zero-order valence-electron chi connectivity index (χ0n) is 6.13. The highest BCUT2D eigenvalue weighted by atomic mass is 16.5. The molecule has 0 spiro atoms. The van der Waals surface area contributed by atoms with Gasteiger partial charge in [-0.3, -0.25) is 5.41 Å². The minimum atomic E-state index is -0.462. The van der Waals surface area contributed by atoms with Gasteiger partial charge in [0, 0.05) is 6.08 Å². The van der Waals surface area contributed by atoms with Crippen LogP contribution in [-0.2, 0) is 9.53 Å². The zero-order valence-corrected chi connectivity index (χ0v) is 6.13. The number of rotatable bonds is 1. The van der Waals surface area contributed by atoms with E-state index in [-0.39, 0.29) is 5.71 Å². The van der Waals surface area contributed by atoms with Gasteiger partial charge in [0.05, 0.1) is 25.7 Å². The van der Waals surface area contributed by atoms with Crippen molar-refractivity contribution in [2.24, 2.45) is 0 Å². The third kappa shape index (κ3) is 1.49. The quantitative estimate of drug-likeness (QED) is 0.445. The largest absolute Gasteiger partial charge is 0.455 e. The van der Waals surface area contributed by atoms with Gasteiger partial charge in [-0.25, -0.2) is 4.79 Å². The first kappa shape index (κ1) is 7.60. The van der Waals surface area contributed by atoms with Gasteiger partial charge in [0.25, 0.3) is 0 Å². The van der Waals surface area contributed by atoms with Crippen LogP contribution in [0, 0.1) is 11.8 Å². The SMILES string of the molecule is COC(=O)C1=CC=C[CH+]C1=N. The Morgan fingerprint density at radius 3 is 3.00 bits per heavy atom. The average molecular weight is 150 g/mol. The van der Waals surface area contributed by atoms with Crippen molar-refractivity contribution in [1.82, 2.24) is 0 Å². The van der Waals surface area contributed by atoms with Gasteiger partial charge in [0.15, 0.2) is 11.3 Å². The zero-order chi connectivity index (χ0) is 8.27. The number of carbonyl (C=O) groups excluding carboxylic acids is 1. The van der Waals surface area contributed by atoms with Crippen LogP contribution in [0.2, 0.25) is 0 Å². The van der Waals surface area contributed by atoms with Crippen molar-refractivity contribution < 1.29 is 9.53 Å². The molecule has 1 rings (SSSR count). The number of esters is 1. The minimum Gasteiger partial charge on any atom is -0.455 e. The van der Waals surface area contributed by atoms with E-state index in [2.05, 4.69) is 4.74 Å². The molecule has 0 radical (unpaired) electrons. The van der Waals surface area contributed by atoms with Crippen LogP contribution in [0.25, 0.3) is 0 Å². The average Bonchev–Trinajstić information content (AvgIpc) is 2.04. The molecule has 0 fully saturated rings. The van der Waals surface area contributed by atoms with Crippen LogP contribution in [0.1, 0.15) is 0 Å². The van der Waals surface area contributed by atoms with Crippen molar-refractivity contribution in [3.63, 3.8) is 0 Å². The van der Waals surface area contributed by atoms with E-state index < -0.39 is 5.97 Å². The Labute approximate surface area is 64.9 Å². The van der Waals surface area contributed by atoms with Crippen molar-refractivity contribution in [2.75, 3.05) is 7.11 Å². The summed E-state index contributed by atoms with van der Waals surface area (Å²) in [6.07, 6.45) is 6.51. The number of allylic oxidation sites excluding steroid dienone is 3. The second-order valence-electron chi connectivity index (χ2n) is 2.04. The lowest BCUT2D eigenvalue weighted by Gasteiger charge is -1.98. The van der Waals surface area contributed by atoms with Crippen LogP contribution in [0.4, 0.5) is 0 Å². The maximum atomic E-state index is 10.9. The molecule has 0 saturated carbocycles. The molecule has 3 nitrogen and oxygen atoms in total. The predicted molar refractivity (Wildman–Crippen MR) is 41.3 cm³/mol. The van der Waals surface area contributed by atoms with Crippen molar-refractivity contribution in [3.8, 4) is 0 Å². The highest BCUT2D eigenvalue weighted by Crippen LogP contribution is 2.08. The molecule has 0 atom stereocenters. The summed E-state index contributed by atoms with van der Waals surface area (Å²) in [4.78, 5) is 10.9. The minimum absolute atomic E-state index is 0.194. The Morgan fingerprint density at radius 2 is 2.45 bits per heavy atom. The topological polar surface area (TPSA) is 50.2 Å². The molecule has 0 aliphatic heterocycles. The fraction of sp³-hybridized carbons (Fsp3) is 0.125. The van der Waals surface area contributed by atoms with Gasteiger partial charge in [-0.15, -0.1) is 0 Å². The number of carbonyl (C=O) groups is 1. The Hall–Kier alpha value is -1.51. The molecule has 0 aromatic carbocycles. The molecule has 0 amide bonds. The number of methoxy groups -OCH3 is 1. The van der Waals surface area contributed by atoms with Crippen LogP contribution < -0.4 is 0 Å². The van der Waals surface area contributed by atoms with E-state index in [0.717, 1.165) is 0 Å². The van der Waals surface area contributed by atoms with Crippen molar-refractivity contribution >= 4 is 11.7 Å². The molecule has 0 saturated heterocycles. The maximum Gasteiger partial charge on any atom is 0.398 e. The molecule has 0 bridgehead atoms. The Balaban J connectivity index is 2.84. The second-order valence-corrected chi connectivity index (χ2v) is 2.04. The first-order valence-corrected chi connectivity index (χ1v) is 3.14. The second kappa shape index (κ2) is 3.05. The first-order valence-electron chi connectivity index (χ1n) is 3.14. The summed E-state index contributed by atoms with van der Waals surface area (Å²) < 4.78 is 4.46. The van der Waals surface area contributed by atoms with Crippen molar-refractivity contribution in [3.05, 3.63) is 30.2 Å². The Bertz CT molecular complexity index is 251. The van der Waals surface area contributed by atoms with E-state index in [1.54, 1.807) is 24.6 Å². The van der Waals surface area contributed by atoms with Gasteiger partial charge in [0.1, 0.15) is 0 Å². The molecule has 0 aromatic rings. The molecule has 1 aliphatic rings. The Kier molecular flexibility index (Phi) is 2.11. The molecule has 0 unspecified atom stereocenters. The Morgan fingerprint density at radius 1 is 1.73 bits per heavy atom. The summed E-state index contributed by atoms with van der Waals surface area (Å²) in [5, 5.41) is 7.30. The highest BCUT2D eigenvalue weighted by molar-refractivity contribution is 6.23. The number of hydrogen-bond acceptors (Lipinski definition) is 3. The van der Waals surface area contributed by atoms with E-state index >= 15 is 0 Å². The summed E-state index contributed by atoms with van der Waals surface area (Å²) in [7, 11) is 1.30. The molecule has 56 valence electrons. The molecule has 11 heavy (non-hydrogen) atoms. The highest BCUT2D eigenvalue weighted by Gasteiger charge is 2.23. The number of hydrogen-bond donors (Lipinski definition) is 1. The third-order valence-electron chi connectivity index (χ3n) is 1.33. The van der Waals surface area contributed by atoms with Crippen LogP contribution in [0.5, 0.6) is 0 Å². The molecule has 0 aromatic heterocycles. The summed E-state index contributed by atoms with van der Waals surface area (Å²) in [6, 6.07) is 0. The summed E-state index contributed by atoms with van der Waals surface area (Å²) in [5.41, 5.74) is 0.495. The van der Waals surface area contributed by atoms with E-state index in [1.165, 1.54) is 7.11 Å². The molecule has 3 heteroatoms. The monoisotopic (exact) mass is 150 g/mol. The lowest BCUT2D eigenvalue weighted by molar-refractivity contribution is -0.135. The smallest absolute Gasteiger partial charge is 0.398 e. The first-order chi connectivity index (χ1) is 5.25. The van der Waals surface area contributed by atoms with Gasteiger partial charge < -0.3 is 4.74 Å². The van der Waals surface area contributed by atoms with Gasteiger partial charge in [-0.1, -0.05) is 0 Å². The predicted octanol–water partition coefficient (Wildman–Crippen LogP) is 0.880. The molecular weight excluding hydrogens is 142 g/mol. The van der Waals surface area contributed by atoms with Crippen LogP contribution in [-0.4, -0.2) is 18.8 Å². The van der Waals surface area contributed by atoms with Gasteiger partial charge in [0.2, 0.25) is 0 Å². The lowest BCUT2D eigenvalue weighted by Crippen LogP contribution is -2.14. The van der Waals surface area contributed by atoms with Gasteiger partial charge in [-0.05, 0) is 0 Å². The standard InChI is InChI=1S/C8H8NO2/c1-11-8(10)6-4-2-3-5-7(6)9/h2-5,9H,1H3/q+1. The van der Waals surface area contributed by atoms with Gasteiger partial charge in [-0.2, -0.15) is 0 Å². The van der Waals surface area contributed by atoms with Crippen molar-refractivity contribution in [2.45, 2.75) is 0 Å². The lowest BCUT2D eigenvalue weighted by atomic mass is 10.0. The van der Waals surface area contributed by atoms with Crippen LogP contribution in [0.15, 0.2) is 23.8 Å². The summed E-state index contributed by atoms with van der Waals surface area (Å²) >= 11 is 0. The van der Waals surface area contributed by atoms with E-state index in [0.29, 0.717) is 5.57 Å². The fourth-order valence-electron chi connectivity index (χ4n) is 0.771. The number of nitrogens with one attached hydrogen (secondary N) is 1. The van der Waals surface area contributed by atoms with Gasteiger partial charge >= 0.3 is 5.97 Å². The van der Waals surface area contributed by atoms with Crippen LogP contribution in [0.3, 0.4) is 0 Å². The van der Waals surface area contributed by atoms with E-state index in [4.69, 9.17) is 5.41 Å². The van der Waals surface area contributed by atoms with E-state index in [9.17, 15) is 4.79 Å². The molecular formula is C8H8NO2+. The molecule has 0 heterocycles. The summed E-state index contributed by atoms with van der Waals surface area (Å²) in [6.45, 7) is 0. The van der Waals surface area contributed by atoms with Crippen molar-refractivity contribution in [1.29, 1.82) is 5.41 Å². The number of ether oxygens (including phenoxy) is 1. The molecule has 1 aliphatic carbocycles.